The fraction of sp³-hybridized carbons (Fsp3) is 0.0213. The van der Waals surface area contributed by atoms with Gasteiger partial charge in [-0.25, -0.2) is 0 Å². The molecule has 0 unspecified atom stereocenters. The second kappa shape index (κ2) is 11.8. The Bertz CT molecular complexity index is 2690. The number of hydrogen-bond acceptors (Lipinski definition) is 3. The normalized spacial score (nSPS) is 13.4. The molecule has 0 saturated carbocycles. The Morgan fingerprint density at radius 3 is 1.70 bits per heavy atom. The number of rotatable bonds is 5. The van der Waals surface area contributed by atoms with Crippen LogP contribution >= 0.6 is 0 Å². The highest BCUT2D eigenvalue weighted by Gasteiger charge is 2.33. The van der Waals surface area contributed by atoms with E-state index in [1.165, 1.54) is 10.8 Å². The molecule has 9 rings (SSSR count). The summed E-state index contributed by atoms with van der Waals surface area (Å²) in [6.07, 6.45) is 1.78. The minimum absolute atomic E-state index is 0.212. The standard InChI is InChI=1S/C47H31NO2/c1-30-22-38-26-42(48(40-14-6-3-7-15-40)41-20-18-32-12-8-9-13-33(32)25-41)21-19-35(38)23-37(30)28-45-46(49)43-27-36-17-16-34(31-10-4-2-5-11-31)24-39(36)29-44(43)47(45)50/h2-29H,1H3. The maximum atomic E-state index is 13.8. The molecule has 0 aromatic heterocycles. The first-order valence-electron chi connectivity index (χ1n) is 16.8. The van der Waals surface area contributed by atoms with Crippen LogP contribution in [0.15, 0.2) is 169 Å². The number of benzene rings is 8. The molecular formula is C47H31NO2. The van der Waals surface area contributed by atoms with Gasteiger partial charge in [0, 0.05) is 28.2 Å². The van der Waals surface area contributed by atoms with Crippen molar-refractivity contribution in [2.24, 2.45) is 0 Å². The van der Waals surface area contributed by atoms with Crippen molar-refractivity contribution in [2.75, 3.05) is 4.90 Å². The van der Waals surface area contributed by atoms with Crippen molar-refractivity contribution in [3.8, 4) is 11.1 Å². The third-order valence-electron chi connectivity index (χ3n) is 9.83. The highest BCUT2D eigenvalue weighted by molar-refractivity contribution is 6.42. The Morgan fingerprint density at radius 2 is 0.960 bits per heavy atom. The number of carbonyl (C=O) groups excluding carboxylic acids is 2. The lowest BCUT2D eigenvalue weighted by Gasteiger charge is -2.26. The van der Waals surface area contributed by atoms with Gasteiger partial charge in [0.05, 0.1) is 5.57 Å². The molecule has 0 saturated heterocycles. The number of nitrogens with zero attached hydrogens (tertiary/aromatic N) is 1. The van der Waals surface area contributed by atoms with Crippen LogP contribution in [0.5, 0.6) is 0 Å². The lowest BCUT2D eigenvalue weighted by atomic mass is 9.98. The molecule has 0 atom stereocenters. The molecule has 0 amide bonds. The fourth-order valence-corrected chi connectivity index (χ4v) is 7.21. The molecule has 1 aliphatic rings. The van der Waals surface area contributed by atoms with Crippen LogP contribution in [0.2, 0.25) is 0 Å². The van der Waals surface area contributed by atoms with Crippen LogP contribution < -0.4 is 4.90 Å². The van der Waals surface area contributed by atoms with Gasteiger partial charge in [-0.1, -0.05) is 103 Å². The van der Waals surface area contributed by atoms with Gasteiger partial charge in [0.15, 0.2) is 11.6 Å². The fourth-order valence-electron chi connectivity index (χ4n) is 7.21. The van der Waals surface area contributed by atoms with E-state index in [1.807, 2.05) is 49.4 Å². The Balaban J connectivity index is 1.08. The number of aryl methyl sites for hydroxylation is 1. The van der Waals surface area contributed by atoms with Crippen molar-refractivity contribution in [3.05, 3.63) is 192 Å². The number of carbonyl (C=O) groups is 2. The van der Waals surface area contributed by atoms with E-state index in [0.717, 1.165) is 60.9 Å². The van der Waals surface area contributed by atoms with E-state index in [4.69, 9.17) is 0 Å². The number of hydrogen-bond donors (Lipinski definition) is 0. The molecule has 8 aromatic carbocycles. The average molecular weight is 642 g/mol. The van der Waals surface area contributed by atoms with Gasteiger partial charge in [0.25, 0.3) is 0 Å². The summed E-state index contributed by atoms with van der Waals surface area (Å²) in [7, 11) is 0. The largest absolute Gasteiger partial charge is 0.310 e. The van der Waals surface area contributed by atoms with E-state index in [9.17, 15) is 9.59 Å². The van der Waals surface area contributed by atoms with Crippen molar-refractivity contribution < 1.29 is 9.59 Å². The van der Waals surface area contributed by atoms with Crippen LogP contribution in [0.1, 0.15) is 31.8 Å². The quantitative estimate of drug-likeness (QED) is 0.139. The van der Waals surface area contributed by atoms with Gasteiger partial charge in [0.2, 0.25) is 0 Å². The summed E-state index contributed by atoms with van der Waals surface area (Å²) in [6, 6.07) is 56.1. The molecule has 3 heteroatoms. The van der Waals surface area contributed by atoms with Crippen LogP contribution in [-0.4, -0.2) is 11.6 Å². The van der Waals surface area contributed by atoms with Gasteiger partial charge in [0.1, 0.15) is 0 Å². The summed E-state index contributed by atoms with van der Waals surface area (Å²) in [4.78, 5) is 29.7. The van der Waals surface area contributed by atoms with E-state index in [-0.39, 0.29) is 17.1 Å². The van der Waals surface area contributed by atoms with Crippen LogP contribution in [0.25, 0.3) is 49.5 Å². The summed E-state index contributed by atoms with van der Waals surface area (Å²) < 4.78 is 0. The molecule has 1 aliphatic carbocycles. The monoisotopic (exact) mass is 641 g/mol. The van der Waals surface area contributed by atoms with Crippen LogP contribution in [0.4, 0.5) is 17.1 Å². The lowest BCUT2D eigenvalue weighted by Crippen LogP contribution is -2.09. The molecule has 236 valence electrons. The molecule has 0 bridgehead atoms. The van der Waals surface area contributed by atoms with Crippen molar-refractivity contribution in [1.82, 2.24) is 0 Å². The van der Waals surface area contributed by atoms with Crippen molar-refractivity contribution in [3.63, 3.8) is 0 Å². The number of ketones is 2. The molecule has 0 radical (unpaired) electrons. The summed E-state index contributed by atoms with van der Waals surface area (Å²) >= 11 is 0. The minimum Gasteiger partial charge on any atom is -0.310 e. The van der Waals surface area contributed by atoms with Gasteiger partial charge in [-0.2, -0.15) is 0 Å². The second-order valence-electron chi connectivity index (χ2n) is 13.0. The summed E-state index contributed by atoms with van der Waals surface area (Å²) in [5.41, 5.74) is 8.39. The first-order chi connectivity index (χ1) is 24.5. The summed E-state index contributed by atoms with van der Waals surface area (Å²) in [5, 5.41) is 6.38. The highest BCUT2D eigenvalue weighted by atomic mass is 16.2. The minimum atomic E-state index is -0.222. The third kappa shape index (κ3) is 5.08. The first kappa shape index (κ1) is 29.6. The molecule has 3 nitrogen and oxygen atoms in total. The van der Waals surface area contributed by atoms with E-state index in [0.29, 0.717) is 11.1 Å². The molecular weight excluding hydrogens is 611 g/mol. The SMILES string of the molecule is Cc1cc2cc(N(c3ccccc3)c3ccc4ccccc4c3)ccc2cc1C=C1C(=O)c2cc3ccc(-c4ccccc4)cc3cc2C1=O. The van der Waals surface area contributed by atoms with E-state index in [2.05, 4.69) is 126 Å². The number of anilines is 3. The van der Waals surface area contributed by atoms with Crippen molar-refractivity contribution in [1.29, 1.82) is 0 Å². The Hall–Kier alpha value is -6.58. The van der Waals surface area contributed by atoms with Gasteiger partial charge < -0.3 is 4.90 Å². The zero-order valence-electron chi connectivity index (χ0n) is 27.4. The van der Waals surface area contributed by atoms with Gasteiger partial charge in [-0.3, -0.25) is 9.59 Å². The van der Waals surface area contributed by atoms with Crippen LogP contribution in [0, 0.1) is 6.92 Å². The van der Waals surface area contributed by atoms with Crippen molar-refractivity contribution >= 4 is 67.0 Å². The van der Waals surface area contributed by atoms with Gasteiger partial charge >= 0.3 is 0 Å². The Morgan fingerprint density at radius 1 is 0.420 bits per heavy atom. The first-order valence-corrected chi connectivity index (χ1v) is 16.8. The summed E-state index contributed by atoms with van der Waals surface area (Å²) in [5.74, 6) is -0.441. The summed E-state index contributed by atoms with van der Waals surface area (Å²) in [6.45, 7) is 2.03. The highest BCUT2D eigenvalue weighted by Crippen LogP contribution is 2.39. The maximum Gasteiger partial charge on any atom is 0.197 e. The Kier molecular flexibility index (Phi) is 6.99. The predicted molar refractivity (Wildman–Crippen MR) is 207 cm³/mol. The number of Topliss-reactive ketones (excluding diaryl/α,β-unsaturated/α-hetero) is 2. The van der Waals surface area contributed by atoms with E-state index >= 15 is 0 Å². The average Bonchev–Trinajstić information content (AvgIpc) is 3.38. The molecule has 0 fully saturated rings. The van der Waals surface area contributed by atoms with Crippen LogP contribution in [0.3, 0.4) is 0 Å². The number of fused-ring (bicyclic) bond motifs is 4. The zero-order valence-corrected chi connectivity index (χ0v) is 27.4. The van der Waals surface area contributed by atoms with Gasteiger partial charge in [-0.05, 0) is 128 Å². The third-order valence-corrected chi connectivity index (χ3v) is 9.83. The zero-order chi connectivity index (χ0) is 33.8. The molecule has 0 aliphatic heterocycles. The topological polar surface area (TPSA) is 37.4 Å². The smallest absolute Gasteiger partial charge is 0.197 e. The van der Waals surface area contributed by atoms with Gasteiger partial charge in [-0.15, -0.1) is 0 Å². The van der Waals surface area contributed by atoms with E-state index < -0.39 is 0 Å². The lowest BCUT2D eigenvalue weighted by molar-refractivity contribution is 0.0990. The Labute approximate surface area is 290 Å². The number of allylic oxidation sites excluding steroid dienone is 1. The molecule has 0 spiro atoms. The van der Waals surface area contributed by atoms with Crippen LogP contribution in [-0.2, 0) is 0 Å². The predicted octanol–water partition coefficient (Wildman–Crippen LogP) is 12.1. The molecule has 0 heterocycles. The number of para-hydroxylation sites is 1. The maximum absolute atomic E-state index is 13.8. The second-order valence-corrected chi connectivity index (χ2v) is 13.0. The molecule has 50 heavy (non-hydrogen) atoms. The van der Waals surface area contributed by atoms with E-state index in [1.54, 1.807) is 6.08 Å². The molecule has 0 N–H and O–H groups in total. The van der Waals surface area contributed by atoms with Crippen molar-refractivity contribution in [2.45, 2.75) is 6.92 Å². The molecule has 8 aromatic rings.